The second kappa shape index (κ2) is 7.05. The number of rotatable bonds is 4. The standard InChI is InChI=1S/C24H24FN/c1-19-16-24(21-8-4-2-5-9-21,22-10-6-3-7-11-22)18-26(19)17-20-12-14-23(25)15-13-20/h2-15,19H,16-18H2,1H3. The largest absolute Gasteiger partial charge is 0.295 e. The zero-order valence-electron chi connectivity index (χ0n) is 15.1. The molecule has 0 spiro atoms. The topological polar surface area (TPSA) is 3.24 Å². The fourth-order valence-corrected chi connectivity index (χ4v) is 4.34. The Kier molecular flexibility index (Phi) is 4.60. The molecular formula is C24H24FN. The predicted octanol–water partition coefficient (Wildman–Crippen LogP) is 5.41. The summed E-state index contributed by atoms with van der Waals surface area (Å²) in [6.45, 7) is 4.12. The van der Waals surface area contributed by atoms with Crippen LogP contribution in [0.4, 0.5) is 4.39 Å². The van der Waals surface area contributed by atoms with Crippen molar-refractivity contribution in [2.75, 3.05) is 6.54 Å². The van der Waals surface area contributed by atoms with Crippen molar-refractivity contribution >= 4 is 0 Å². The van der Waals surface area contributed by atoms with Crippen LogP contribution < -0.4 is 0 Å². The normalized spacial score (nSPS) is 19.5. The maximum absolute atomic E-state index is 13.2. The molecule has 0 aromatic heterocycles. The van der Waals surface area contributed by atoms with Crippen molar-refractivity contribution in [1.82, 2.24) is 4.90 Å². The molecule has 1 atom stereocenters. The molecule has 0 bridgehead atoms. The van der Waals surface area contributed by atoms with Crippen LogP contribution in [0.25, 0.3) is 0 Å². The van der Waals surface area contributed by atoms with E-state index in [2.05, 4.69) is 72.5 Å². The van der Waals surface area contributed by atoms with E-state index in [1.54, 1.807) is 12.1 Å². The number of hydrogen-bond acceptors (Lipinski definition) is 1. The molecule has 1 aliphatic heterocycles. The van der Waals surface area contributed by atoms with Gasteiger partial charge in [0.2, 0.25) is 0 Å². The second-order valence-electron chi connectivity index (χ2n) is 7.40. The maximum Gasteiger partial charge on any atom is 0.123 e. The lowest BCUT2D eigenvalue weighted by molar-refractivity contribution is 0.254. The minimum Gasteiger partial charge on any atom is -0.295 e. The van der Waals surface area contributed by atoms with Gasteiger partial charge in [0.05, 0.1) is 0 Å². The molecule has 3 aromatic carbocycles. The third-order valence-corrected chi connectivity index (χ3v) is 5.69. The van der Waals surface area contributed by atoms with E-state index in [4.69, 9.17) is 0 Å². The highest BCUT2D eigenvalue weighted by Gasteiger charge is 2.44. The minimum atomic E-state index is -0.175. The van der Waals surface area contributed by atoms with Gasteiger partial charge in [0.1, 0.15) is 5.82 Å². The van der Waals surface area contributed by atoms with E-state index in [9.17, 15) is 4.39 Å². The molecule has 0 saturated carbocycles. The molecule has 0 amide bonds. The van der Waals surface area contributed by atoms with Crippen molar-refractivity contribution < 1.29 is 4.39 Å². The fourth-order valence-electron chi connectivity index (χ4n) is 4.34. The Morgan fingerprint density at radius 2 is 1.38 bits per heavy atom. The smallest absolute Gasteiger partial charge is 0.123 e. The Labute approximate surface area is 155 Å². The molecule has 0 radical (unpaired) electrons. The van der Waals surface area contributed by atoms with Crippen molar-refractivity contribution in [3.63, 3.8) is 0 Å². The maximum atomic E-state index is 13.2. The average molecular weight is 345 g/mol. The summed E-state index contributed by atoms with van der Waals surface area (Å²) in [5.74, 6) is -0.175. The van der Waals surface area contributed by atoms with E-state index in [0.717, 1.165) is 25.1 Å². The molecule has 2 heteroatoms. The summed E-state index contributed by atoms with van der Waals surface area (Å²) in [6, 6.07) is 29.1. The Bertz CT molecular complexity index is 803. The molecule has 1 heterocycles. The number of nitrogens with zero attached hydrogens (tertiary/aromatic N) is 1. The zero-order valence-corrected chi connectivity index (χ0v) is 15.1. The highest BCUT2D eigenvalue weighted by molar-refractivity contribution is 5.42. The van der Waals surface area contributed by atoms with Gasteiger partial charge >= 0.3 is 0 Å². The van der Waals surface area contributed by atoms with Gasteiger partial charge in [0.25, 0.3) is 0 Å². The molecule has 1 nitrogen and oxygen atoms in total. The summed E-state index contributed by atoms with van der Waals surface area (Å²) >= 11 is 0. The van der Waals surface area contributed by atoms with Gasteiger partial charge in [-0.3, -0.25) is 4.90 Å². The lowest BCUT2D eigenvalue weighted by atomic mass is 9.73. The lowest BCUT2D eigenvalue weighted by Gasteiger charge is -2.31. The second-order valence-corrected chi connectivity index (χ2v) is 7.40. The molecule has 1 fully saturated rings. The first-order valence-corrected chi connectivity index (χ1v) is 9.27. The Hall–Kier alpha value is -2.45. The molecule has 3 aromatic rings. The first-order valence-electron chi connectivity index (χ1n) is 9.27. The molecular weight excluding hydrogens is 321 g/mol. The van der Waals surface area contributed by atoms with Crippen LogP contribution in [0.15, 0.2) is 84.9 Å². The molecule has 26 heavy (non-hydrogen) atoms. The molecule has 1 unspecified atom stereocenters. The highest BCUT2D eigenvalue weighted by Crippen LogP contribution is 2.43. The van der Waals surface area contributed by atoms with Crippen LogP contribution in [0.3, 0.4) is 0 Å². The number of likely N-dealkylation sites (tertiary alicyclic amines) is 1. The van der Waals surface area contributed by atoms with Crippen LogP contribution >= 0.6 is 0 Å². The van der Waals surface area contributed by atoms with Crippen LogP contribution in [0.5, 0.6) is 0 Å². The van der Waals surface area contributed by atoms with Gasteiger partial charge in [0.15, 0.2) is 0 Å². The van der Waals surface area contributed by atoms with Gasteiger partial charge in [-0.1, -0.05) is 72.8 Å². The minimum absolute atomic E-state index is 0.00195. The summed E-state index contributed by atoms with van der Waals surface area (Å²) in [5, 5.41) is 0. The van der Waals surface area contributed by atoms with E-state index in [1.165, 1.54) is 11.1 Å². The van der Waals surface area contributed by atoms with Crippen molar-refractivity contribution in [3.8, 4) is 0 Å². The SMILES string of the molecule is CC1CC(c2ccccc2)(c2ccccc2)CN1Cc1ccc(F)cc1. The van der Waals surface area contributed by atoms with Crippen LogP contribution in [-0.4, -0.2) is 17.5 Å². The van der Waals surface area contributed by atoms with Gasteiger partial charge in [-0.15, -0.1) is 0 Å². The molecule has 1 aliphatic rings. The third-order valence-electron chi connectivity index (χ3n) is 5.69. The van der Waals surface area contributed by atoms with Gasteiger partial charge < -0.3 is 0 Å². The summed E-state index contributed by atoms with van der Waals surface area (Å²) in [5.41, 5.74) is 3.91. The highest BCUT2D eigenvalue weighted by atomic mass is 19.1. The summed E-state index contributed by atoms with van der Waals surface area (Å²) < 4.78 is 13.2. The van der Waals surface area contributed by atoms with Crippen molar-refractivity contribution in [1.29, 1.82) is 0 Å². The van der Waals surface area contributed by atoms with Gasteiger partial charge in [-0.25, -0.2) is 4.39 Å². The third kappa shape index (κ3) is 3.17. The van der Waals surface area contributed by atoms with Crippen LogP contribution in [0, 0.1) is 5.82 Å². The molecule has 4 rings (SSSR count). The average Bonchev–Trinajstić information content (AvgIpc) is 3.02. The van der Waals surface area contributed by atoms with Crippen molar-refractivity contribution in [3.05, 3.63) is 107 Å². The molecule has 0 N–H and O–H groups in total. The first-order chi connectivity index (χ1) is 12.7. The molecule has 0 aliphatic carbocycles. The van der Waals surface area contributed by atoms with E-state index in [-0.39, 0.29) is 11.2 Å². The van der Waals surface area contributed by atoms with Gasteiger partial charge in [0, 0.05) is 24.5 Å². The summed E-state index contributed by atoms with van der Waals surface area (Å²) in [6.07, 6.45) is 1.09. The van der Waals surface area contributed by atoms with E-state index in [1.807, 2.05) is 12.1 Å². The van der Waals surface area contributed by atoms with Gasteiger partial charge in [-0.2, -0.15) is 0 Å². The number of benzene rings is 3. The fraction of sp³-hybridized carbons (Fsp3) is 0.250. The zero-order chi connectivity index (χ0) is 18.0. The van der Waals surface area contributed by atoms with Gasteiger partial charge in [-0.05, 0) is 42.2 Å². The Morgan fingerprint density at radius 3 is 1.92 bits per heavy atom. The summed E-state index contributed by atoms with van der Waals surface area (Å²) in [7, 11) is 0. The van der Waals surface area contributed by atoms with E-state index >= 15 is 0 Å². The first kappa shape index (κ1) is 17.0. The quantitative estimate of drug-likeness (QED) is 0.611. The van der Waals surface area contributed by atoms with E-state index in [0.29, 0.717) is 6.04 Å². The Morgan fingerprint density at radius 1 is 0.846 bits per heavy atom. The van der Waals surface area contributed by atoms with E-state index < -0.39 is 0 Å². The lowest BCUT2D eigenvalue weighted by Crippen LogP contribution is -2.32. The number of halogens is 1. The number of hydrogen-bond donors (Lipinski definition) is 0. The van der Waals surface area contributed by atoms with Crippen molar-refractivity contribution in [2.45, 2.75) is 31.3 Å². The summed E-state index contributed by atoms with van der Waals surface area (Å²) in [4.78, 5) is 2.52. The van der Waals surface area contributed by atoms with Crippen LogP contribution in [0.2, 0.25) is 0 Å². The molecule has 1 saturated heterocycles. The van der Waals surface area contributed by atoms with Crippen LogP contribution in [-0.2, 0) is 12.0 Å². The molecule has 132 valence electrons. The van der Waals surface area contributed by atoms with Crippen molar-refractivity contribution in [2.24, 2.45) is 0 Å². The predicted molar refractivity (Wildman–Crippen MR) is 105 cm³/mol. The monoisotopic (exact) mass is 345 g/mol. The van der Waals surface area contributed by atoms with Crippen LogP contribution in [0.1, 0.15) is 30.0 Å². The Balaban J connectivity index is 1.69.